The number of pyridine rings is 1. The Hall–Kier alpha value is -3.47. The summed E-state index contributed by atoms with van der Waals surface area (Å²) < 4.78 is 30.4. The number of fused-ring (bicyclic) bond motifs is 1. The third kappa shape index (κ3) is 2.73. The molecule has 0 aliphatic heterocycles. The van der Waals surface area contributed by atoms with Gasteiger partial charge in [0.15, 0.2) is 17.3 Å². The van der Waals surface area contributed by atoms with Crippen LogP contribution >= 0.6 is 0 Å². The molecule has 0 saturated heterocycles. The van der Waals surface area contributed by atoms with E-state index in [-0.39, 0.29) is 16.8 Å². The quantitative estimate of drug-likeness (QED) is 0.552. The average Bonchev–Trinajstić information content (AvgIpc) is 3.33. The highest BCUT2D eigenvalue weighted by atomic mass is 32.2. The SMILES string of the molecule is CS(=O)(=O)c1nc(C(=O)Nc2n[nH]c(-c3ccco3)n2)c2ccccn12. The molecule has 0 saturated carbocycles. The second-order valence-corrected chi connectivity index (χ2v) is 7.32. The number of amides is 1. The van der Waals surface area contributed by atoms with Gasteiger partial charge >= 0.3 is 0 Å². The van der Waals surface area contributed by atoms with Crippen LogP contribution in [0.15, 0.2) is 52.4 Å². The maximum Gasteiger partial charge on any atom is 0.278 e. The van der Waals surface area contributed by atoms with Crippen molar-refractivity contribution in [3.05, 3.63) is 48.5 Å². The molecule has 4 rings (SSSR count). The lowest BCUT2D eigenvalue weighted by atomic mass is 10.3. The minimum atomic E-state index is -3.62. The highest BCUT2D eigenvalue weighted by Gasteiger charge is 2.23. The number of rotatable bonds is 4. The second-order valence-electron chi connectivity index (χ2n) is 5.41. The predicted octanol–water partition coefficient (Wildman–Crippen LogP) is 1.37. The van der Waals surface area contributed by atoms with E-state index in [1.807, 2.05) is 0 Å². The summed E-state index contributed by atoms with van der Waals surface area (Å²) in [4.78, 5) is 20.7. The van der Waals surface area contributed by atoms with Crippen molar-refractivity contribution in [2.75, 3.05) is 11.6 Å². The number of imidazole rings is 1. The van der Waals surface area contributed by atoms with Gasteiger partial charge in [0.05, 0.1) is 11.8 Å². The van der Waals surface area contributed by atoms with Crippen LogP contribution in [0.5, 0.6) is 0 Å². The van der Waals surface area contributed by atoms with Crippen molar-refractivity contribution in [3.8, 4) is 11.6 Å². The second kappa shape index (κ2) is 5.81. The van der Waals surface area contributed by atoms with Crippen LogP contribution in [0, 0.1) is 0 Å². The van der Waals surface area contributed by atoms with Crippen LogP contribution in [-0.4, -0.2) is 45.1 Å². The number of H-pyrrole nitrogens is 1. The van der Waals surface area contributed by atoms with Crippen molar-refractivity contribution in [2.24, 2.45) is 0 Å². The maximum absolute atomic E-state index is 12.6. The number of carbonyl (C=O) groups is 1. The van der Waals surface area contributed by atoms with E-state index in [0.29, 0.717) is 17.1 Å². The Balaban J connectivity index is 1.69. The summed E-state index contributed by atoms with van der Waals surface area (Å²) in [6, 6.07) is 8.31. The van der Waals surface area contributed by atoms with Gasteiger partial charge in [-0.05, 0) is 24.3 Å². The van der Waals surface area contributed by atoms with E-state index in [2.05, 4.69) is 25.5 Å². The van der Waals surface area contributed by atoms with Gasteiger partial charge in [-0.1, -0.05) is 6.07 Å². The molecule has 0 fully saturated rings. The van der Waals surface area contributed by atoms with Gasteiger partial charge < -0.3 is 4.42 Å². The Morgan fingerprint density at radius 2 is 2.08 bits per heavy atom. The molecule has 4 heterocycles. The van der Waals surface area contributed by atoms with E-state index >= 15 is 0 Å². The normalized spacial score (nSPS) is 11.7. The molecule has 0 bridgehead atoms. The zero-order valence-corrected chi connectivity index (χ0v) is 14.2. The summed E-state index contributed by atoms with van der Waals surface area (Å²) in [6.07, 6.45) is 4.04. The fraction of sp³-hybridized carbons (Fsp3) is 0.0667. The van der Waals surface area contributed by atoms with E-state index < -0.39 is 15.7 Å². The predicted molar refractivity (Wildman–Crippen MR) is 90.3 cm³/mol. The van der Waals surface area contributed by atoms with Crippen molar-refractivity contribution in [3.63, 3.8) is 0 Å². The smallest absolute Gasteiger partial charge is 0.278 e. The molecule has 0 aliphatic carbocycles. The first kappa shape index (κ1) is 16.0. The molecule has 2 N–H and O–H groups in total. The molecular formula is C15H12N6O4S. The highest BCUT2D eigenvalue weighted by molar-refractivity contribution is 7.90. The van der Waals surface area contributed by atoms with Crippen LogP contribution in [0.25, 0.3) is 17.1 Å². The lowest BCUT2D eigenvalue weighted by molar-refractivity contribution is 0.102. The summed E-state index contributed by atoms with van der Waals surface area (Å²) in [6.45, 7) is 0. The third-order valence-corrected chi connectivity index (χ3v) is 4.48. The van der Waals surface area contributed by atoms with Gasteiger partial charge in [0, 0.05) is 12.5 Å². The average molecular weight is 372 g/mol. The van der Waals surface area contributed by atoms with Crippen LogP contribution in [0.4, 0.5) is 5.95 Å². The van der Waals surface area contributed by atoms with E-state index in [9.17, 15) is 13.2 Å². The molecule has 1 amide bonds. The Morgan fingerprint density at radius 1 is 1.23 bits per heavy atom. The molecule has 10 nitrogen and oxygen atoms in total. The molecule has 26 heavy (non-hydrogen) atoms. The Labute approximate surface area is 146 Å². The van der Waals surface area contributed by atoms with Crippen molar-refractivity contribution in [1.29, 1.82) is 0 Å². The van der Waals surface area contributed by atoms with E-state index in [0.717, 1.165) is 6.26 Å². The zero-order chi connectivity index (χ0) is 18.3. The minimum Gasteiger partial charge on any atom is -0.461 e. The molecular weight excluding hydrogens is 360 g/mol. The molecule has 4 aromatic rings. The Morgan fingerprint density at radius 3 is 2.81 bits per heavy atom. The van der Waals surface area contributed by atoms with Crippen molar-refractivity contribution in [1.82, 2.24) is 24.6 Å². The molecule has 4 aromatic heterocycles. The molecule has 0 aromatic carbocycles. The number of anilines is 1. The Kier molecular flexibility index (Phi) is 3.58. The number of sulfone groups is 1. The van der Waals surface area contributed by atoms with Gasteiger partial charge in [-0.25, -0.2) is 13.4 Å². The molecule has 0 radical (unpaired) electrons. The van der Waals surface area contributed by atoms with E-state index in [1.54, 1.807) is 30.3 Å². The number of hydrogen-bond acceptors (Lipinski definition) is 7. The molecule has 0 aliphatic rings. The van der Waals surface area contributed by atoms with Gasteiger partial charge in [0.1, 0.15) is 0 Å². The summed E-state index contributed by atoms with van der Waals surface area (Å²) in [5, 5.41) is 8.81. The van der Waals surface area contributed by atoms with Crippen LogP contribution in [0.1, 0.15) is 10.5 Å². The summed E-state index contributed by atoms with van der Waals surface area (Å²) in [5.74, 6) is 0.189. The minimum absolute atomic E-state index is 0.0133. The molecule has 0 spiro atoms. The lowest BCUT2D eigenvalue weighted by Crippen LogP contribution is -2.14. The zero-order valence-electron chi connectivity index (χ0n) is 13.4. The monoisotopic (exact) mass is 372 g/mol. The largest absolute Gasteiger partial charge is 0.461 e. The Bertz CT molecular complexity index is 1210. The van der Waals surface area contributed by atoms with Gasteiger partial charge in [0.25, 0.3) is 5.91 Å². The van der Waals surface area contributed by atoms with E-state index in [1.165, 1.54) is 16.9 Å². The van der Waals surface area contributed by atoms with Crippen LogP contribution in [-0.2, 0) is 9.84 Å². The van der Waals surface area contributed by atoms with E-state index in [4.69, 9.17) is 4.42 Å². The van der Waals surface area contributed by atoms with Crippen molar-refractivity contribution < 1.29 is 17.6 Å². The molecule has 11 heteroatoms. The maximum atomic E-state index is 12.6. The fourth-order valence-electron chi connectivity index (χ4n) is 2.44. The highest BCUT2D eigenvalue weighted by Crippen LogP contribution is 2.19. The molecule has 132 valence electrons. The summed E-state index contributed by atoms with van der Waals surface area (Å²) in [5.41, 5.74) is 0.308. The number of carbonyl (C=O) groups excluding carboxylic acids is 1. The van der Waals surface area contributed by atoms with Gasteiger partial charge in [0.2, 0.25) is 20.9 Å². The first-order valence-electron chi connectivity index (χ1n) is 7.38. The topological polar surface area (TPSA) is 135 Å². The number of furan rings is 1. The number of nitrogens with zero attached hydrogens (tertiary/aromatic N) is 4. The van der Waals surface area contributed by atoms with Crippen LogP contribution in [0.2, 0.25) is 0 Å². The van der Waals surface area contributed by atoms with Gasteiger partial charge in [-0.3, -0.25) is 19.6 Å². The molecule has 0 atom stereocenters. The van der Waals surface area contributed by atoms with Crippen LogP contribution < -0.4 is 5.32 Å². The molecule has 0 unspecified atom stereocenters. The fourth-order valence-corrected chi connectivity index (χ4v) is 3.21. The van der Waals surface area contributed by atoms with Crippen molar-refractivity contribution in [2.45, 2.75) is 5.16 Å². The first-order chi connectivity index (χ1) is 12.4. The number of nitrogens with one attached hydrogen (secondary N) is 2. The standard InChI is InChI=1S/C15H12N6O4S/c1-26(23,24)15-16-11(9-5-2-3-7-21(9)15)13(22)18-14-17-12(19-20-14)10-6-4-8-25-10/h2-8H,1H3,(H2,17,18,19,20,22). The van der Waals surface area contributed by atoms with Crippen LogP contribution in [0.3, 0.4) is 0 Å². The summed E-state index contributed by atoms with van der Waals surface area (Å²) in [7, 11) is -3.62. The summed E-state index contributed by atoms with van der Waals surface area (Å²) >= 11 is 0. The first-order valence-corrected chi connectivity index (χ1v) is 9.27. The number of hydrogen-bond donors (Lipinski definition) is 2. The van der Waals surface area contributed by atoms with Gasteiger partial charge in [-0.2, -0.15) is 4.98 Å². The lowest BCUT2D eigenvalue weighted by Gasteiger charge is -1.98. The number of aromatic amines is 1. The van der Waals surface area contributed by atoms with Crippen molar-refractivity contribution >= 4 is 27.2 Å². The third-order valence-electron chi connectivity index (χ3n) is 3.53. The number of aromatic nitrogens is 5. The van der Waals surface area contributed by atoms with Gasteiger partial charge in [-0.15, -0.1) is 5.10 Å².